The summed E-state index contributed by atoms with van der Waals surface area (Å²) in [4.78, 5) is 0.154. The zero-order chi connectivity index (χ0) is 13.0. The average Bonchev–Trinajstić information content (AvgIpc) is 2.37. The Morgan fingerprint density at radius 1 is 1.33 bits per heavy atom. The van der Waals surface area contributed by atoms with E-state index < -0.39 is 10.0 Å². The maximum Gasteiger partial charge on any atom is 0.240 e. The number of anilines is 1. The van der Waals surface area contributed by atoms with Crippen LogP contribution in [-0.4, -0.2) is 27.5 Å². The molecular formula is C12H19N3O2S. The van der Waals surface area contributed by atoms with Gasteiger partial charge in [0.05, 0.1) is 5.69 Å². The standard InChI is InChI=1S/C12H19N3O2S/c13-18(16,17)12-7-2-1-6-11(12)15-9-10-5-3-4-8-14-10/h1-2,6-7,10,14-15H,3-5,8-9H2,(H2,13,16,17). The number of rotatable bonds is 4. The van der Waals surface area contributed by atoms with Gasteiger partial charge in [-0.2, -0.15) is 0 Å². The first-order valence-electron chi connectivity index (χ1n) is 6.16. The predicted molar refractivity (Wildman–Crippen MR) is 71.9 cm³/mol. The minimum atomic E-state index is -3.67. The lowest BCUT2D eigenvalue weighted by atomic mass is 10.1. The molecule has 1 aromatic carbocycles. The summed E-state index contributed by atoms with van der Waals surface area (Å²) < 4.78 is 22.9. The average molecular weight is 269 g/mol. The van der Waals surface area contributed by atoms with Gasteiger partial charge in [0, 0.05) is 12.6 Å². The molecule has 1 saturated heterocycles. The Bertz CT molecular complexity index is 496. The maximum atomic E-state index is 11.4. The first kappa shape index (κ1) is 13.3. The number of para-hydroxylation sites is 1. The van der Waals surface area contributed by atoms with Crippen LogP contribution in [0.25, 0.3) is 0 Å². The Hall–Kier alpha value is -1.11. The molecule has 1 fully saturated rings. The van der Waals surface area contributed by atoms with Crippen LogP contribution in [0, 0.1) is 0 Å². The number of piperidine rings is 1. The van der Waals surface area contributed by atoms with E-state index in [-0.39, 0.29) is 4.90 Å². The molecule has 1 unspecified atom stereocenters. The summed E-state index contributed by atoms with van der Waals surface area (Å²) in [5.41, 5.74) is 0.576. The fourth-order valence-electron chi connectivity index (χ4n) is 2.19. The van der Waals surface area contributed by atoms with Crippen molar-refractivity contribution in [2.75, 3.05) is 18.4 Å². The summed E-state index contributed by atoms with van der Waals surface area (Å²) in [6, 6.07) is 7.12. The van der Waals surface area contributed by atoms with E-state index in [9.17, 15) is 8.42 Å². The zero-order valence-electron chi connectivity index (χ0n) is 10.2. The van der Waals surface area contributed by atoms with Crippen molar-refractivity contribution in [3.63, 3.8) is 0 Å². The summed E-state index contributed by atoms with van der Waals surface area (Å²) >= 11 is 0. The van der Waals surface area contributed by atoms with Crippen LogP contribution in [0.2, 0.25) is 0 Å². The molecule has 4 N–H and O–H groups in total. The number of benzene rings is 1. The second kappa shape index (κ2) is 5.69. The largest absolute Gasteiger partial charge is 0.382 e. The lowest BCUT2D eigenvalue weighted by molar-refractivity contribution is 0.414. The van der Waals surface area contributed by atoms with Gasteiger partial charge in [-0.25, -0.2) is 13.6 Å². The van der Waals surface area contributed by atoms with Crippen molar-refractivity contribution in [2.24, 2.45) is 5.14 Å². The number of nitrogens with one attached hydrogen (secondary N) is 2. The minimum Gasteiger partial charge on any atom is -0.382 e. The summed E-state index contributed by atoms with van der Waals surface area (Å²) in [7, 11) is -3.67. The molecule has 0 aromatic heterocycles. The number of nitrogens with two attached hydrogens (primary N) is 1. The SMILES string of the molecule is NS(=O)(=O)c1ccccc1NCC1CCCCN1. The van der Waals surface area contributed by atoms with Crippen molar-refractivity contribution in [2.45, 2.75) is 30.2 Å². The van der Waals surface area contributed by atoms with Crippen LogP contribution in [0.5, 0.6) is 0 Å². The first-order valence-corrected chi connectivity index (χ1v) is 7.71. The van der Waals surface area contributed by atoms with Crippen LogP contribution in [-0.2, 0) is 10.0 Å². The van der Waals surface area contributed by atoms with Gasteiger partial charge in [0.2, 0.25) is 10.0 Å². The van der Waals surface area contributed by atoms with E-state index in [1.165, 1.54) is 18.9 Å². The highest BCUT2D eigenvalue weighted by Crippen LogP contribution is 2.19. The lowest BCUT2D eigenvalue weighted by Crippen LogP contribution is -2.39. The molecule has 1 aliphatic heterocycles. The fraction of sp³-hybridized carbons (Fsp3) is 0.500. The fourth-order valence-corrected chi connectivity index (χ4v) is 2.91. The van der Waals surface area contributed by atoms with Gasteiger partial charge in [0.15, 0.2) is 0 Å². The van der Waals surface area contributed by atoms with Crippen molar-refractivity contribution >= 4 is 15.7 Å². The van der Waals surface area contributed by atoms with Gasteiger partial charge in [-0.15, -0.1) is 0 Å². The van der Waals surface area contributed by atoms with Gasteiger partial charge in [0.25, 0.3) is 0 Å². The second-order valence-electron chi connectivity index (χ2n) is 4.57. The molecule has 1 aliphatic rings. The van der Waals surface area contributed by atoms with Crippen molar-refractivity contribution < 1.29 is 8.42 Å². The van der Waals surface area contributed by atoms with E-state index in [1.807, 2.05) is 0 Å². The third kappa shape index (κ3) is 3.44. The summed E-state index contributed by atoms with van der Waals surface area (Å²) in [6.45, 7) is 1.75. The van der Waals surface area contributed by atoms with Gasteiger partial charge in [-0.05, 0) is 31.5 Å². The molecule has 2 rings (SSSR count). The number of sulfonamides is 1. The Labute approximate surface area is 108 Å². The maximum absolute atomic E-state index is 11.4. The van der Waals surface area contributed by atoms with E-state index in [4.69, 9.17) is 5.14 Å². The number of hydrogen-bond donors (Lipinski definition) is 3. The topological polar surface area (TPSA) is 84.2 Å². The van der Waals surface area contributed by atoms with Crippen LogP contribution in [0.4, 0.5) is 5.69 Å². The molecule has 0 bridgehead atoms. The highest BCUT2D eigenvalue weighted by molar-refractivity contribution is 7.89. The molecule has 0 saturated carbocycles. The van der Waals surface area contributed by atoms with Crippen molar-refractivity contribution in [3.05, 3.63) is 24.3 Å². The molecule has 6 heteroatoms. The predicted octanol–water partition coefficient (Wildman–Crippen LogP) is 0.888. The van der Waals surface area contributed by atoms with Crippen LogP contribution in [0.3, 0.4) is 0 Å². The smallest absolute Gasteiger partial charge is 0.240 e. The Kier molecular flexibility index (Phi) is 4.21. The van der Waals surface area contributed by atoms with Gasteiger partial charge in [-0.3, -0.25) is 0 Å². The van der Waals surface area contributed by atoms with Crippen LogP contribution >= 0.6 is 0 Å². The van der Waals surface area contributed by atoms with Gasteiger partial charge in [0.1, 0.15) is 4.90 Å². The summed E-state index contributed by atoms with van der Waals surface area (Å²) in [6.07, 6.45) is 3.55. The van der Waals surface area contributed by atoms with E-state index in [0.717, 1.165) is 13.0 Å². The molecule has 100 valence electrons. The quantitative estimate of drug-likeness (QED) is 0.758. The van der Waals surface area contributed by atoms with Crippen LogP contribution < -0.4 is 15.8 Å². The lowest BCUT2D eigenvalue weighted by Gasteiger charge is -2.24. The molecule has 0 aliphatic carbocycles. The molecular weight excluding hydrogens is 250 g/mol. The minimum absolute atomic E-state index is 0.154. The van der Waals surface area contributed by atoms with Crippen LogP contribution in [0.1, 0.15) is 19.3 Å². The van der Waals surface area contributed by atoms with E-state index in [0.29, 0.717) is 18.3 Å². The summed E-state index contributed by atoms with van der Waals surface area (Å²) in [5.74, 6) is 0. The van der Waals surface area contributed by atoms with E-state index in [2.05, 4.69) is 10.6 Å². The highest BCUT2D eigenvalue weighted by atomic mass is 32.2. The number of hydrogen-bond acceptors (Lipinski definition) is 4. The second-order valence-corrected chi connectivity index (χ2v) is 6.10. The molecule has 1 aromatic rings. The summed E-state index contributed by atoms with van der Waals surface area (Å²) in [5, 5.41) is 11.8. The van der Waals surface area contributed by atoms with Crippen LogP contribution in [0.15, 0.2) is 29.2 Å². The third-order valence-electron chi connectivity index (χ3n) is 3.14. The Morgan fingerprint density at radius 3 is 2.78 bits per heavy atom. The molecule has 0 radical (unpaired) electrons. The molecule has 1 atom stereocenters. The Balaban J connectivity index is 2.05. The monoisotopic (exact) mass is 269 g/mol. The normalized spacial score (nSPS) is 20.6. The highest BCUT2D eigenvalue weighted by Gasteiger charge is 2.15. The van der Waals surface area contributed by atoms with Gasteiger partial charge >= 0.3 is 0 Å². The molecule has 5 nitrogen and oxygen atoms in total. The van der Waals surface area contributed by atoms with Crippen molar-refractivity contribution in [3.8, 4) is 0 Å². The zero-order valence-corrected chi connectivity index (χ0v) is 11.0. The molecule has 0 amide bonds. The van der Waals surface area contributed by atoms with Crippen molar-refractivity contribution in [1.82, 2.24) is 5.32 Å². The molecule has 18 heavy (non-hydrogen) atoms. The van der Waals surface area contributed by atoms with Gasteiger partial charge < -0.3 is 10.6 Å². The molecule has 0 spiro atoms. The van der Waals surface area contributed by atoms with Crippen molar-refractivity contribution in [1.29, 1.82) is 0 Å². The number of primary sulfonamides is 1. The van der Waals surface area contributed by atoms with E-state index in [1.54, 1.807) is 18.2 Å². The molecule has 1 heterocycles. The Morgan fingerprint density at radius 2 is 2.11 bits per heavy atom. The third-order valence-corrected chi connectivity index (χ3v) is 4.11. The first-order chi connectivity index (χ1) is 8.57. The van der Waals surface area contributed by atoms with Gasteiger partial charge in [-0.1, -0.05) is 18.6 Å². The van der Waals surface area contributed by atoms with E-state index >= 15 is 0 Å².